The predicted molar refractivity (Wildman–Crippen MR) is 109 cm³/mol. The Morgan fingerprint density at radius 1 is 1.24 bits per heavy atom. The van der Waals surface area contributed by atoms with Crippen molar-refractivity contribution in [2.75, 3.05) is 12.3 Å². The summed E-state index contributed by atoms with van der Waals surface area (Å²) in [6.45, 7) is 5.34. The molecule has 1 saturated heterocycles. The quantitative estimate of drug-likeness (QED) is 0.234. The lowest BCUT2D eigenvalue weighted by Crippen LogP contribution is -2.59. The zero-order valence-corrected chi connectivity index (χ0v) is 17.9. The van der Waals surface area contributed by atoms with E-state index in [9.17, 15) is 24.3 Å². The molecule has 11 heteroatoms. The van der Waals surface area contributed by atoms with Crippen molar-refractivity contribution in [2.45, 2.75) is 70.3 Å². The first-order valence-electron chi connectivity index (χ1n) is 9.73. The van der Waals surface area contributed by atoms with Crippen molar-refractivity contribution in [3.63, 3.8) is 0 Å². The minimum atomic E-state index is -1.22. The van der Waals surface area contributed by atoms with Gasteiger partial charge in [-0.2, -0.15) is 12.6 Å². The smallest absolute Gasteiger partial charge is 0.327 e. The van der Waals surface area contributed by atoms with Crippen molar-refractivity contribution >= 4 is 36.3 Å². The number of rotatable bonds is 10. The number of aliphatic carboxylic acids is 1. The Labute approximate surface area is 176 Å². The molecule has 6 N–H and O–H groups in total. The van der Waals surface area contributed by atoms with E-state index in [1.807, 2.05) is 6.92 Å². The largest absolute Gasteiger partial charge is 0.480 e. The maximum absolute atomic E-state index is 12.9. The molecule has 0 aliphatic carbocycles. The topological polar surface area (TPSA) is 162 Å². The molecule has 0 aromatic carbocycles. The van der Waals surface area contributed by atoms with E-state index in [4.69, 9.17) is 10.8 Å². The van der Waals surface area contributed by atoms with E-state index >= 15 is 0 Å². The summed E-state index contributed by atoms with van der Waals surface area (Å²) in [4.78, 5) is 50.5. The number of carbonyl (C=O) groups excluding carboxylic acids is 3. The predicted octanol–water partition coefficient (Wildman–Crippen LogP) is -1.28. The number of carbonyl (C=O) groups is 4. The summed E-state index contributed by atoms with van der Waals surface area (Å²) in [5.41, 5.74) is 5.72. The Morgan fingerprint density at radius 3 is 2.34 bits per heavy atom. The van der Waals surface area contributed by atoms with Crippen LogP contribution in [-0.2, 0) is 19.2 Å². The van der Waals surface area contributed by atoms with Gasteiger partial charge in [-0.3, -0.25) is 14.4 Å². The summed E-state index contributed by atoms with van der Waals surface area (Å²) in [6, 6.07) is -4.07. The molecule has 166 valence electrons. The molecule has 0 spiro atoms. The molecule has 1 rings (SSSR count). The maximum Gasteiger partial charge on any atom is 0.327 e. The summed E-state index contributed by atoms with van der Waals surface area (Å²) >= 11 is 3.92. The number of nitrogens with one attached hydrogen (secondary N) is 2. The molecule has 0 saturated carbocycles. The summed E-state index contributed by atoms with van der Waals surface area (Å²) in [5, 5.41) is 23.7. The molecule has 6 atom stereocenters. The number of aliphatic hydroxyl groups excluding tert-OH is 1. The van der Waals surface area contributed by atoms with Crippen LogP contribution in [0.25, 0.3) is 0 Å². The Morgan fingerprint density at radius 2 is 1.86 bits per heavy atom. The second-order valence-electron chi connectivity index (χ2n) is 7.41. The number of thiol groups is 1. The number of carboxylic acids is 1. The van der Waals surface area contributed by atoms with Gasteiger partial charge in [0.2, 0.25) is 17.7 Å². The highest BCUT2D eigenvalue weighted by Gasteiger charge is 2.39. The number of hydrogen-bond acceptors (Lipinski definition) is 7. The number of amides is 3. The first-order valence-corrected chi connectivity index (χ1v) is 10.4. The highest BCUT2D eigenvalue weighted by atomic mass is 32.1. The molecule has 0 aromatic heterocycles. The van der Waals surface area contributed by atoms with Crippen LogP contribution in [0.1, 0.15) is 40.0 Å². The lowest BCUT2D eigenvalue weighted by molar-refractivity contribution is -0.143. The Hall–Kier alpha value is -1.85. The van der Waals surface area contributed by atoms with Gasteiger partial charge in [0.05, 0.1) is 6.10 Å². The van der Waals surface area contributed by atoms with E-state index in [1.54, 1.807) is 6.92 Å². The van der Waals surface area contributed by atoms with Crippen LogP contribution in [0.15, 0.2) is 0 Å². The van der Waals surface area contributed by atoms with Crippen molar-refractivity contribution in [2.24, 2.45) is 11.7 Å². The third kappa shape index (κ3) is 6.58. The highest BCUT2D eigenvalue weighted by molar-refractivity contribution is 7.80. The standard InChI is InChI=1S/C18H32N4O6S/c1-4-9(2)14(16(25)20-11(8-29)18(27)28)21-15(24)12-6-5-7-22(12)17(26)13(19)10(3)23/h9-14,23,29H,4-8,19H2,1-3H3,(H,20,25)(H,21,24)(H,27,28). The monoisotopic (exact) mass is 432 g/mol. The van der Waals surface area contributed by atoms with Gasteiger partial charge in [-0.05, 0) is 25.7 Å². The molecule has 0 bridgehead atoms. The normalized spacial score (nSPS) is 21.6. The molecule has 1 heterocycles. The van der Waals surface area contributed by atoms with Gasteiger partial charge in [-0.25, -0.2) is 4.79 Å². The van der Waals surface area contributed by atoms with Crippen LogP contribution < -0.4 is 16.4 Å². The number of nitrogens with two attached hydrogens (primary N) is 1. The Balaban J connectivity index is 2.93. The third-order valence-electron chi connectivity index (χ3n) is 5.23. The van der Waals surface area contributed by atoms with Crippen LogP contribution in [0, 0.1) is 5.92 Å². The third-order valence-corrected chi connectivity index (χ3v) is 5.60. The summed E-state index contributed by atoms with van der Waals surface area (Å²) in [7, 11) is 0. The van der Waals surface area contributed by atoms with Crippen molar-refractivity contribution < 1.29 is 29.4 Å². The molecule has 10 nitrogen and oxygen atoms in total. The van der Waals surface area contributed by atoms with E-state index in [0.29, 0.717) is 25.8 Å². The van der Waals surface area contributed by atoms with Crippen molar-refractivity contribution in [3.8, 4) is 0 Å². The minimum absolute atomic E-state index is 0.0929. The van der Waals surface area contributed by atoms with Crippen LogP contribution in [0.4, 0.5) is 0 Å². The fraction of sp³-hybridized carbons (Fsp3) is 0.778. The molecule has 1 fully saturated rings. The zero-order valence-electron chi connectivity index (χ0n) is 17.0. The molecule has 0 aromatic rings. The highest BCUT2D eigenvalue weighted by Crippen LogP contribution is 2.20. The van der Waals surface area contributed by atoms with E-state index in [0.717, 1.165) is 0 Å². The van der Waals surface area contributed by atoms with E-state index in [-0.39, 0.29) is 11.7 Å². The molecule has 1 aliphatic rings. The molecule has 0 radical (unpaired) electrons. The Kier molecular flexibility index (Phi) is 9.87. The van der Waals surface area contributed by atoms with Crippen LogP contribution in [0.3, 0.4) is 0 Å². The summed E-state index contributed by atoms with van der Waals surface area (Å²) < 4.78 is 0. The van der Waals surface area contributed by atoms with E-state index in [1.165, 1.54) is 11.8 Å². The van der Waals surface area contributed by atoms with Gasteiger partial charge >= 0.3 is 5.97 Å². The van der Waals surface area contributed by atoms with Gasteiger partial charge in [-0.15, -0.1) is 0 Å². The number of carboxylic acid groups (broad SMARTS) is 1. The van der Waals surface area contributed by atoms with E-state index in [2.05, 4.69) is 23.3 Å². The second-order valence-corrected chi connectivity index (χ2v) is 7.77. The summed E-state index contributed by atoms with van der Waals surface area (Å²) in [5.74, 6) is -3.23. The van der Waals surface area contributed by atoms with Crippen LogP contribution in [0.2, 0.25) is 0 Å². The number of hydrogen-bond donors (Lipinski definition) is 6. The molecule has 3 amide bonds. The fourth-order valence-electron chi connectivity index (χ4n) is 3.10. The number of aliphatic hydroxyl groups is 1. The molecule has 1 aliphatic heterocycles. The van der Waals surface area contributed by atoms with Crippen LogP contribution >= 0.6 is 12.6 Å². The number of nitrogens with zero attached hydrogens (tertiary/aromatic N) is 1. The number of likely N-dealkylation sites (tertiary alicyclic amines) is 1. The van der Waals surface area contributed by atoms with Gasteiger partial charge in [0.1, 0.15) is 24.2 Å². The molecule has 6 unspecified atom stereocenters. The molecule has 29 heavy (non-hydrogen) atoms. The van der Waals surface area contributed by atoms with E-state index < -0.39 is 54.0 Å². The Bertz CT molecular complexity index is 617. The maximum atomic E-state index is 12.9. The lowest BCUT2D eigenvalue weighted by Gasteiger charge is -2.30. The van der Waals surface area contributed by atoms with Crippen molar-refractivity contribution in [3.05, 3.63) is 0 Å². The average molecular weight is 433 g/mol. The van der Waals surface area contributed by atoms with Gasteiger partial charge in [0, 0.05) is 12.3 Å². The van der Waals surface area contributed by atoms with Gasteiger partial charge in [-0.1, -0.05) is 20.3 Å². The zero-order chi connectivity index (χ0) is 22.3. The van der Waals surface area contributed by atoms with Gasteiger partial charge < -0.3 is 31.5 Å². The first-order chi connectivity index (χ1) is 13.5. The van der Waals surface area contributed by atoms with Crippen molar-refractivity contribution in [1.29, 1.82) is 0 Å². The van der Waals surface area contributed by atoms with Gasteiger partial charge in [0.15, 0.2) is 0 Å². The SMILES string of the molecule is CCC(C)C(NC(=O)C1CCCN1C(=O)C(N)C(C)O)C(=O)NC(CS)C(=O)O. The molecular weight excluding hydrogens is 400 g/mol. The second kappa shape index (κ2) is 11.4. The average Bonchev–Trinajstić information content (AvgIpc) is 3.17. The first kappa shape index (κ1) is 25.2. The van der Waals surface area contributed by atoms with Crippen LogP contribution in [0.5, 0.6) is 0 Å². The minimum Gasteiger partial charge on any atom is -0.480 e. The summed E-state index contributed by atoms with van der Waals surface area (Å²) in [6.07, 6.45) is 0.515. The lowest BCUT2D eigenvalue weighted by atomic mass is 9.97. The van der Waals surface area contributed by atoms with Crippen molar-refractivity contribution in [1.82, 2.24) is 15.5 Å². The van der Waals surface area contributed by atoms with Crippen LogP contribution in [-0.4, -0.2) is 81.4 Å². The molecular formula is C18H32N4O6S. The van der Waals surface area contributed by atoms with Gasteiger partial charge in [0.25, 0.3) is 0 Å². The fourth-order valence-corrected chi connectivity index (χ4v) is 3.35.